The number of hydrogen-bond donors (Lipinski definition) is 1. The first kappa shape index (κ1) is 16.0. The Kier molecular flexibility index (Phi) is 6.21. The third-order valence-corrected chi connectivity index (χ3v) is 3.99. The number of nitrogens with one attached hydrogen (secondary N) is 1. The second-order valence-corrected chi connectivity index (χ2v) is 5.37. The summed E-state index contributed by atoms with van der Waals surface area (Å²) in [6.07, 6.45) is 2.37. The molecule has 3 unspecified atom stereocenters. The summed E-state index contributed by atoms with van der Waals surface area (Å²) < 4.78 is 10.9. The van der Waals surface area contributed by atoms with E-state index in [2.05, 4.69) is 12.2 Å². The Morgan fingerprint density at radius 2 is 2.14 bits per heavy atom. The topological polar surface area (TPSA) is 47.6 Å². The summed E-state index contributed by atoms with van der Waals surface area (Å²) in [5.41, 5.74) is 0.947. The minimum atomic E-state index is -0.399. The normalized spacial score (nSPS) is 23.0. The van der Waals surface area contributed by atoms with E-state index < -0.39 is 6.04 Å². The molecule has 1 N–H and O–H groups in total. The molecule has 1 fully saturated rings. The summed E-state index contributed by atoms with van der Waals surface area (Å²) >= 11 is 0. The van der Waals surface area contributed by atoms with Crippen LogP contribution in [-0.4, -0.2) is 31.8 Å². The molecule has 1 aromatic rings. The van der Waals surface area contributed by atoms with Gasteiger partial charge in [0.05, 0.1) is 12.7 Å². The highest BCUT2D eigenvalue weighted by Gasteiger charge is 2.29. The number of carbonyl (C=O) groups excluding carboxylic acids is 1. The molecule has 21 heavy (non-hydrogen) atoms. The van der Waals surface area contributed by atoms with Crippen LogP contribution in [0.5, 0.6) is 0 Å². The number of esters is 1. The molecule has 2 rings (SSSR count). The van der Waals surface area contributed by atoms with Gasteiger partial charge in [0.15, 0.2) is 0 Å². The zero-order valence-electron chi connectivity index (χ0n) is 12.9. The van der Waals surface area contributed by atoms with Crippen molar-refractivity contribution >= 4 is 5.97 Å². The molecule has 116 valence electrons. The van der Waals surface area contributed by atoms with Crippen molar-refractivity contribution in [1.82, 2.24) is 5.32 Å². The Morgan fingerprint density at radius 3 is 2.81 bits per heavy atom. The first-order valence-corrected chi connectivity index (χ1v) is 7.82. The van der Waals surface area contributed by atoms with Crippen molar-refractivity contribution < 1.29 is 14.3 Å². The van der Waals surface area contributed by atoms with E-state index in [9.17, 15) is 4.79 Å². The van der Waals surface area contributed by atoms with Crippen LogP contribution in [-0.2, 0) is 14.3 Å². The lowest BCUT2D eigenvalue weighted by atomic mass is 9.98. The third kappa shape index (κ3) is 4.29. The Balaban J connectivity index is 2.01. The van der Waals surface area contributed by atoms with Gasteiger partial charge in [0.1, 0.15) is 6.04 Å². The van der Waals surface area contributed by atoms with Crippen LogP contribution in [0.3, 0.4) is 0 Å². The van der Waals surface area contributed by atoms with Gasteiger partial charge in [-0.05, 0) is 31.2 Å². The molecule has 1 aromatic carbocycles. The van der Waals surface area contributed by atoms with Gasteiger partial charge in [0, 0.05) is 13.2 Å². The van der Waals surface area contributed by atoms with Crippen molar-refractivity contribution in [2.45, 2.75) is 38.8 Å². The maximum absolute atomic E-state index is 12.2. The van der Waals surface area contributed by atoms with E-state index in [4.69, 9.17) is 9.47 Å². The van der Waals surface area contributed by atoms with Gasteiger partial charge >= 0.3 is 5.97 Å². The van der Waals surface area contributed by atoms with E-state index in [1.165, 1.54) is 0 Å². The highest BCUT2D eigenvalue weighted by molar-refractivity contribution is 5.77. The van der Waals surface area contributed by atoms with Crippen molar-refractivity contribution in [3.8, 4) is 0 Å². The molecule has 0 aromatic heterocycles. The molecule has 0 radical (unpaired) electrons. The quantitative estimate of drug-likeness (QED) is 0.785. The number of benzene rings is 1. The smallest absolute Gasteiger partial charge is 0.327 e. The Morgan fingerprint density at radius 1 is 1.38 bits per heavy atom. The number of carbonyl (C=O) groups is 1. The van der Waals surface area contributed by atoms with E-state index in [-0.39, 0.29) is 5.97 Å². The second-order valence-electron chi connectivity index (χ2n) is 5.37. The van der Waals surface area contributed by atoms with Gasteiger partial charge < -0.3 is 14.8 Å². The number of ether oxygens (including phenoxy) is 2. The third-order valence-electron chi connectivity index (χ3n) is 3.99. The molecule has 0 saturated carbocycles. The monoisotopic (exact) mass is 291 g/mol. The summed E-state index contributed by atoms with van der Waals surface area (Å²) in [5, 5.41) is 3.37. The molecule has 3 atom stereocenters. The maximum Gasteiger partial charge on any atom is 0.327 e. The minimum Gasteiger partial charge on any atom is -0.465 e. The maximum atomic E-state index is 12.2. The molecular weight excluding hydrogens is 266 g/mol. The second kappa shape index (κ2) is 8.15. The summed E-state index contributed by atoms with van der Waals surface area (Å²) in [6.45, 7) is 5.96. The first-order chi connectivity index (χ1) is 10.3. The van der Waals surface area contributed by atoms with E-state index in [1.54, 1.807) is 0 Å². The van der Waals surface area contributed by atoms with Gasteiger partial charge in [-0.3, -0.25) is 0 Å². The van der Waals surface area contributed by atoms with Crippen LogP contribution in [0.4, 0.5) is 0 Å². The molecule has 1 saturated heterocycles. The molecular formula is C17H25NO3. The fraction of sp³-hybridized carbons (Fsp3) is 0.588. The Hall–Kier alpha value is -1.39. The molecule has 1 aliphatic rings. The van der Waals surface area contributed by atoms with Crippen LogP contribution in [0.2, 0.25) is 0 Å². The van der Waals surface area contributed by atoms with Crippen LogP contribution >= 0.6 is 0 Å². The summed E-state index contributed by atoms with van der Waals surface area (Å²) in [5.74, 6) is 0.256. The summed E-state index contributed by atoms with van der Waals surface area (Å²) in [4.78, 5) is 12.2. The van der Waals surface area contributed by atoms with Crippen molar-refractivity contribution in [3.05, 3.63) is 35.9 Å². The van der Waals surface area contributed by atoms with Crippen LogP contribution in [0.15, 0.2) is 30.3 Å². The average Bonchev–Trinajstić information content (AvgIpc) is 2.96. The van der Waals surface area contributed by atoms with Crippen LogP contribution in [0.25, 0.3) is 0 Å². The SMILES string of the molecule is CCOC(=O)C(NCC1CCOC1CC)c1ccccc1. The highest BCUT2D eigenvalue weighted by Crippen LogP contribution is 2.24. The standard InChI is InChI=1S/C17H25NO3/c1-3-15-14(10-11-21-15)12-18-16(17(19)20-4-2)13-8-6-5-7-9-13/h5-9,14-16,18H,3-4,10-12H2,1-2H3. The van der Waals surface area contributed by atoms with E-state index in [0.29, 0.717) is 18.6 Å². The molecule has 0 aliphatic carbocycles. The summed E-state index contributed by atoms with van der Waals surface area (Å²) in [7, 11) is 0. The zero-order valence-corrected chi connectivity index (χ0v) is 12.9. The Bertz CT molecular complexity index is 435. The van der Waals surface area contributed by atoms with Crippen molar-refractivity contribution in [1.29, 1.82) is 0 Å². The predicted octanol–water partition coefficient (Wildman–Crippen LogP) is 2.70. The van der Waals surface area contributed by atoms with Gasteiger partial charge in [0.2, 0.25) is 0 Å². The molecule has 1 aliphatic heterocycles. The number of rotatable bonds is 7. The van der Waals surface area contributed by atoms with Gasteiger partial charge in [0.25, 0.3) is 0 Å². The molecule has 4 heteroatoms. The molecule has 0 amide bonds. The molecule has 0 spiro atoms. The van der Waals surface area contributed by atoms with Crippen LogP contribution < -0.4 is 5.32 Å². The van der Waals surface area contributed by atoms with Gasteiger partial charge in [-0.1, -0.05) is 37.3 Å². The average molecular weight is 291 g/mol. The fourth-order valence-electron chi connectivity index (χ4n) is 2.86. The lowest BCUT2D eigenvalue weighted by molar-refractivity contribution is -0.146. The minimum absolute atomic E-state index is 0.212. The van der Waals surface area contributed by atoms with Crippen LogP contribution in [0, 0.1) is 5.92 Å². The lowest BCUT2D eigenvalue weighted by Gasteiger charge is -2.22. The summed E-state index contributed by atoms with van der Waals surface area (Å²) in [6, 6.07) is 9.34. The van der Waals surface area contributed by atoms with Gasteiger partial charge in [-0.15, -0.1) is 0 Å². The molecule has 4 nitrogen and oxygen atoms in total. The zero-order chi connectivity index (χ0) is 15.1. The van der Waals surface area contributed by atoms with Crippen LogP contribution in [0.1, 0.15) is 38.3 Å². The largest absolute Gasteiger partial charge is 0.465 e. The first-order valence-electron chi connectivity index (χ1n) is 7.82. The van der Waals surface area contributed by atoms with Gasteiger partial charge in [-0.25, -0.2) is 4.79 Å². The van der Waals surface area contributed by atoms with Crippen molar-refractivity contribution in [2.75, 3.05) is 19.8 Å². The molecule has 1 heterocycles. The fourth-order valence-corrected chi connectivity index (χ4v) is 2.86. The Labute approximate surface area is 126 Å². The predicted molar refractivity (Wildman–Crippen MR) is 82.0 cm³/mol. The highest BCUT2D eigenvalue weighted by atomic mass is 16.5. The van der Waals surface area contributed by atoms with Crippen molar-refractivity contribution in [3.63, 3.8) is 0 Å². The molecule has 0 bridgehead atoms. The van der Waals surface area contributed by atoms with Crippen molar-refractivity contribution in [2.24, 2.45) is 5.92 Å². The van der Waals surface area contributed by atoms with E-state index in [1.807, 2.05) is 37.3 Å². The number of hydrogen-bond acceptors (Lipinski definition) is 4. The van der Waals surface area contributed by atoms with E-state index in [0.717, 1.165) is 31.6 Å². The van der Waals surface area contributed by atoms with Gasteiger partial charge in [-0.2, -0.15) is 0 Å². The lowest BCUT2D eigenvalue weighted by Crippen LogP contribution is -2.35. The van der Waals surface area contributed by atoms with E-state index >= 15 is 0 Å².